The molecule has 0 radical (unpaired) electrons. The Kier molecular flexibility index (Phi) is 5.06. The van der Waals surface area contributed by atoms with Crippen LogP contribution in [0.15, 0.2) is 18.2 Å². The van der Waals surface area contributed by atoms with Gasteiger partial charge in [0.1, 0.15) is 11.4 Å². The third kappa shape index (κ3) is 4.19. The number of hydrogen-bond donors (Lipinski definition) is 1. The van der Waals surface area contributed by atoms with Gasteiger partial charge in [0.05, 0.1) is 0 Å². The van der Waals surface area contributed by atoms with Crippen molar-refractivity contribution >= 4 is 6.09 Å². The third-order valence-corrected chi connectivity index (χ3v) is 3.76. The molecule has 0 spiro atoms. The summed E-state index contributed by atoms with van der Waals surface area (Å²) >= 11 is 0. The van der Waals surface area contributed by atoms with Gasteiger partial charge in [0.15, 0.2) is 0 Å². The van der Waals surface area contributed by atoms with Crippen molar-refractivity contribution in [3.8, 4) is 0 Å². The lowest BCUT2D eigenvalue weighted by molar-refractivity contribution is 0.0299. The van der Waals surface area contributed by atoms with Crippen LogP contribution in [0.2, 0.25) is 0 Å². The van der Waals surface area contributed by atoms with Gasteiger partial charge in [0.2, 0.25) is 0 Å². The molecule has 0 fully saturated rings. The third-order valence-electron chi connectivity index (χ3n) is 3.76. The predicted molar refractivity (Wildman–Crippen MR) is 84.3 cm³/mol. The van der Waals surface area contributed by atoms with Crippen LogP contribution in [0.5, 0.6) is 0 Å². The summed E-state index contributed by atoms with van der Waals surface area (Å²) < 4.78 is 19.0. The molecule has 4 nitrogen and oxygen atoms in total. The first-order chi connectivity index (χ1) is 10.3. The van der Waals surface area contributed by atoms with Crippen molar-refractivity contribution in [2.45, 2.75) is 45.3 Å². The van der Waals surface area contributed by atoms with E-state index < -0.39 is 5.60 Å². The van der Waals surface area contributed by atoms with Gasteiger partial charge in [-0.1, -0.05) is 12.1 Å². The van der Waals surface area contributed by atoms with E-state index in [2.05, 4.69) is 5.32 Å². The number of hydrogen-bond acceptors (Lipinski definition) is 3. The Morgan fingerprint density at radius 3 is 2.86 bits per heavy atom. The number of carbonyl (C=O) groups is 1. The average Bonchev–Trinajstić information content (AvgIpc) is 2.81. The number of amides is 1. The average molecular weight is 308 g/mol. The highest BCUT2D eigenvalue weighted by Crippen LogP contribution is 2.32. The lowest BCUT2D eigenvalue weighted by Gasteiger charge is -2.25. The lowest BCUT2D eigenvalue weighted by atomic mass is 10.1. The fourth-order valence-corrected chi connectivity index (χ4v) is 2.66. The van der Waals surface area contributed by atoms with E-state index in [1.54, 1.807) is 18.0 Å². The van der Waals surface area contributed by atoms with Gasteiger partial charge in [-0.15, -0.1) is 0 Å². The fourth-order valence-electron chi connectivity index (χ4n) is 2.66. The zero-order valence-corrected chi connectivity index (χ0v) is 13.8. The summed E-state index contributed by atoms with van der Waals surface area (Å²) in [7, 11) is 1.72. The maximum Gasteiger partial charge on any atom is 0.410 e. The standard InChI is InChI=1S/C17H25FN2O2/c1-17(2,3)22-16(21)20(4)11-10-19-15-9-8-12-13(15)6-5-7-14(12)18/h5-7,15,19H,8-11H2,1-4H3. The van der Waals surface area contributed by atoms with Gasteiger partial charge in [-0.25, -0.2) is 9.18 Å². The first-order valence-electron chi connectivity index (χ1n) is 7.73. The van der Waals surface area contributed by atoms with Crippen LogP contribution in [0.4, 0.5) is 9.18 Å². The molecule has 0 aromatic heterocycles. The molecule has 0 bridgehead atoms. The number of fused-ring (bicyclic) bond motifs is 1. The van der Waals surface area contributed by atoms with Crippen LogP contribution in [-0.4, -0.2) is 36.7 Å². The van der Waals surface area contributed by atoms with Crippen LogP contribution in [-0.2, 0) is 11.2 Å². The molecule has 0 saturated carbocycles. The Morgan fingerprint density at radius 2 is 2.18 bits per heavy atom. The Hall–Kier alpha value is -1.62. The summed E-state index contributed by atoms with van der Waals surface area (Å²) in [6.45, 7) is 6.75. The molecule has 1 aliphatic carbocycles. The molecule has 1 N–H and O–H groups in total. The monoisotopic (exact) mass is 308 g/mol. The maximum absolute atomic E-state index is 13.7. The molecule has 0 heterocycles. The zero-order chi connectivity index (χ0) is 16.3. The maximum atomic E-state index is 13.7. The van der Waals surface area contributed by atoms with Crippen molar-refractivity contribution < 1.29 is 13.9 Å². The number of nitrogens with one attached hydrogen (secondary N) is 1. The second kappa shape index (κ2) is 6.65. The van der Waals surface area contributed by atoms with Crippen LogP contribution in [0, 0.1) is 5.82 Å². The van der Waals surface area contributed by atoms with Crippen molar-refractivity contribution in [2.75, 3.05) is 20.1 Å². The summed E-state index contributed by atoms with van der Waals surface area (Å²) in [6.07, 6.45) is 1.33. The van der Waals surface area contributed by atoms with Crippen molar-refractivity contribution in [3.05, 3.63) is 35.1 Å². The van der Waals surface area contributed by atoms with Gasteiger partial charge in [0, 0.05) is 26.2 Å². The Balaban J connectivity index is 1.81. The molecule has 1 amide bonds. The number of carbonyl (C=O) groups excluding carboxylic acids is 1. The number of ether oxygens (including phenoxy) is 1. The molecule has 1 aliphatic rings. The minimum atomic E-state index is -0.485. The molecule has 1 aromatic carbocycles. The van der Waals surface area contributed by atoms with E-state index in [4.69, 9.17) is 4.74 Å². The van der Waals surface area contributed by atoms with Crippen molar-refractivity contribution in [1.82, 2.24) is 10.2 Å². The molecule has 122 valence electrons. The van der Waals surface area contributed by atoms with E-state index in [9.17, 15) is 9.18 Å². The smallest absolute Gasteiger partial charge is 0.410 e. The summed E-state index contributed by atoms with van der Waals surface area (Å²) in [5, 5.41) is 3.40. The minimum Gasteiger partial charge on any atom is -0.444 e. The van der Waals surface area contributed by atoms with E-state index in [0.717, 1.165) is 24.0 Å². The van der Waals surface area contributed by atoms with Crippen molar-refractivity contribution in [2.24, 2.45) is 0 Å². The fraction of sp³-hybridized carbons (Fsp3) is 0.588. The highest BCUT2D eigenvalue weighted by atomic mass is 19.1. The van der Waals surface area contributed by atoms with Gasteiger partial charge in [-0.3, -0.25) is 0 Å². The Labute approximate surface area is 131 Å². The van der Waals surface area contributed by atoms with Crippen molar-refractivity contribution in [3.63, 3.8) is 0 Å². The highest BCUT2D eigenvalue weighted by Gasteiger charge is 2.24. The normalized spacial score (nSPS) is 17.2. The largest absolute Gasteiger partial charge is 0.444 e. The van der Waals surface area contributed by atoms with Crippen LogP contribution in [0.25, 0.3) is 0 Å². The van der Waals surface area contributed by atoms with Crippen LogP contribution < -0.4 is 5.32 Å². The van der Waals surface area contributed by atoms with Gasteiger partial charge in [-0.05, 0) is 50.8 Å². The Morgan fingerprint density at radius 1 is 1.45 bits per heavy atom. The second-order valence-corrected chi connectivity index (χ2v) is 6.75. The quantitative estimate of drug-likeness (QED) is 0.928. The van der Waals surface area contributed by atoms with Gasteiger partial charge in [0.25, 0.3) is 0 Å². The van der Waals surface area contributed by atoms with Crippen molar-refractivity contribution in [1.29, 1.82) is 0 Å². The molecule has 22 heavy (non-hydrogen) atoms. The molecular weight excluding hydrogens is 283 g/mol. The summed E-state index contributed by atoms with van der Waals surface area (Å²) in [6, 6.07) is 5.40. The van der Waals surface area contributed by atoms with E-state index >= 15 is 0 Å². The molecular formula is C17H25FN2O2. The van der Waals surface area contributed by atoms with Gasteiger partial charge >= 0.3 is 6.09 Å². The molecule has 1 aromatic rings. The second-order valence-electron chi connectivity index (χ2n) is 6.75. The summed E-state index contributed by atoms with van der Waals surface area (Å²) in [4.78, 5) is 13.4. The first kappa shape index (κ1) is 16.7. The molecule has 2 rings (SSSR count). The van der Waals surface area contributed by atoms with E-state index in [0.29, 0.717) is 13.1 Å². The van der Waals surface area contributed by atoms with Crippen LogP contribution in [0.1, 0.15) is 44.4 Å². The summed E-state index contributed by atoms with van der Waals surface area (Å²) in [5.74, 6) is -0.118. The molecule has 0 saturated heterocycles. The number of benzene rings is 1. The number of halogens is 1. The van der Waals surface area contributed by atoms with E-state index in [1.807, 2.05) is 26.8 Å². The van der Waals surface area contributed by atoms with Gasteiger partial charge < -0.3 is 15.0 Å². The minimum absolute atomic E-state index is 0.118. The number of rotatable bonds is 4. The molecule has 0 aliphatic heterocycles. The molecule has 1 atom stereocenters. The first-order valence-corrected chi connectivity index (χ1v) is 7.73. The van der Waals surface area contributed by atoms with E-state index in [-0.39, 0.29) is 18.0 Å². The molecule has 5 heteroatoms. The topological polar surface area (TPSA) is 41.6 Å². The number of likely N-dealkylation sites (N-methyl/N-ethyl adjacent to an activating group) is 1. The highest BCUT2D eigenvalue weighted by molar-refractivity contribution is 5.67. The zero-order valence-electron chi connectivity index (χ0n) is 13.8. The van der Waals surface area contributed by atoms with E-state index in [1.165, 1.54) is 6.07 Å². The van der Waals surface area contributed by atoms with Crippen LogP contribution in [0.3, 0.4) is 0 Å². The van der Waals surface area contributed by atoms with Gasteiger partial charge in [-0.2, -0.15) is 0 Å². The van der Waals surface area contributed by atoms with Crippen LogP contribution >= 0.6 is 0 Å². The lowest BCUT2D eigenvalue weighted by Crippen LogP contribution is -2.38. The summed E-state index contributed by atoms with van der Waals surface area (Å²) in [5.41, 5.74) is 1.38. The Bertz CT molecular complexity index is 540. The number of nitrogens with zero attached hydrogens (tertiary/aromatic N) is 1. The SMILES string of the molecule is CN(CCNC1CCc2c(F)cccc21)C(=O)OC(C)(C)C. The predicted octanol–water partition coefficient (Wildman–Crippen LogP) is 3.27. The molecule has 1 unspecified atom stereocenters.